The highest BCUT2D eigenvalue weighted by atomic mass is 16.4. The van der Waals surface area contributed by atoms with Crippen LogP contribution in [0.5, 0.6) is 0 Å². The maximum absolute atomic E-state index is 10.9. The number of carboxylic acid groups (broad SMARTS) is 1. The number of nitrogens with one attached hydrogen (secondary N) is 1. The van der Waals surface area contributed by atoms with E-state index < -0.39 is 5.97 Å². The molecule has 5 nitrogen and oxygen atoms in total. The number of aromatic nitrogens is 2. The lowest BCUT2D eigenvalue weighted by molar-refractivity contribution is 0.0697. The molecule has 1 atom stereocenters. The number of rotatable bonds is 4. The van der Waals surface area contributed by atoms with Gasteiger partial charge in [-0.15, -0.1) is 0 Å². The van der Waals surface area contributed by atoms with Crippen LogP contribution < -0.4 is 0 Å². The maximum Gasteiger partial charge on any atom is 0.335 e. The van der Waals surface area contributed by atoms with E-state index in [2.05, 4.69) is 14.9 Å². The Hall–Kier alpha value is -2.14. The zero-order chi connectivity index (χ0) is 15.5. The summed E-state index contributed by atoms with van der Waals surface area (Å²) in [5, 5.41) is 8.98. The van der Waals surface area contributed by atoms with E-state index in [1.54, 1.807) is 18.5 Å². The molecule has 1 aliphatic heterocycles. The standard InChI is InChI=1S/C17H21N3O2/c1-12-16(19-11-18-12)10-20-8-2-3-15(9-20)13-4-6-14(7-5-13)17(21)22/h4-7,11,15H,2-3,8-10H2,1H3,(H,18,19)(H,21,22)/t15-/m0/s1. The SMILES string of the molecule is Cc1[nH]cnc1CN1CCC[C@H](c2ccc(C(=O)O)cc2)C1. The second-order valence-electron chi connectivity index (χ2n) is 5.98. The second-order valence-corrected chi connectivity index (χ2v) is 5.98. The van der Waals surface area contributed by atoms with Crippen molar-refractivity contribution in [2.75, 3.05) is 13.1 Å². The second kappa shape index (κ2) is 6.32. The van der Waals surface area contributed by atoms with E-state index in [0.29, 0.717) is 11.5 Å². The van der Waals surface area contributed by atoms with Crippen LogP contribution in [0.4, 0.5) is 0 Å². The number of piperidine rings is 1. The number of hydrogen-bond acceptors (Lipinski definition) is 3. The zero-order valence-electron chi connectivity index (χ0n) is 12.7. The van der Waals surface area contributed by atoms with Crippen molar-refractivity contribution in [3.8, 4) is 0 Å². The number of aromatic carboxylic acids is 1. The highest BCUT2D eigenvalue weighted by Gasteiger charge is 2.22. The molecular formula is C17H21N3O2. The molecule has 2 heterocycles. The monoisotopic (exact) mass is 299 g/mol. The summed E-state index contributed by atoms with van der Waals surface area (Å²) in [5.41, 5.74) is 3.83. The highest BCUT2D eigenvalue weighted by molar-refractivity contribution is 5.87. The molecule has 0 bridgehead atoms. The van der Waals surface area contributed by atoms with Gasteiger partial charge in [-0.2, -0.15) is 0 Å². The van der Waals surface area contributed by atoms with Crippen LogP contribution in [-0.4, -0.2) is 39.0 Å². The van der Waals surface area contributed by atoms with Gasteiger partial charge in [0.05, 0.1) is 17.6 Å². The third kappa shape index (κ3) is 3.20. The topological polar surface area (TPSA) is 69.2 Å². The molecular weight excluding hydrogens is 278 g/mol. The molecule has 22 heavy (non-hydrogen) atoms. The molecule has 1 fully saturated rings. The van der Waals surface area contributed by atoms with E-state index in [1.165, 1.54) is 5.56 Å². The number of H-pyrrole nitrogens is 1. The summed E-state index contributed by atoms with van der Waals surface area (Å²) in [6.45, 7) is 5.02. The molecule has 0 radical (unpaired) electrons. The summed E-state index contributed by atoms with van der Waals surface area (Å²) in [4.78, 5) is 20.9. The normalized spacial score (nSPS) is 19.2. The van der Waals surface area contributed by atoms with Crippen molar-refractivity contribution < 1.29 is 9.90 Å². The summed E-state index contributed by atoms with van der Waals surface area (Å²) in [7, 11) is 0. The predicted octanol–water partition coefficient (Wildman–Crippen LogP) is 2.80. The van der Waals surface area contributed by atoms with Gasteiger partial charge in [0.15, 0.2) is 0 Å². The number of aromatic amines is 1. The first-order chi connectivity index (χ1) is 10.6. The number of benzene rings is 1. The minimum atomic E-state index is -0.870. The molecule has 3 rings (SSSR count). The average molecular weight is 299 g/mol. The maximum atomic E-state index is 10.9. The third-order valence-electron chi connectivity index (χ3n) is 4.44. The smallest absolute Gasteiger partial charge is 0.335 e. The number of likely N-dealkylation sites (tertiary alicyclic amines) is 1. The Balaban J connectivity index is 1.67. The number of carboxylic acids is 1. The predicted molar refractivity (Wildman–Crippen MR) is 84.0 cm³/mol. The van der Waals surface area contributed by atoms with Crippen molar-refractivity contribution in [1.29, 1.82) is 0 Å². The molecule has 0 spiro atoms. The number of aryl methyl sites for hydroxylation is 1. The van der Waals surface area contributed by atoms with Gasteiger partial charge in [-0.3, -0.25) is 4.90 Å². The molecule has 0 amide bonds. The van der Waals surface area contributed by atoms with E-state index in [4.69, 9.17) is 5.11 Å². The number of hydrogen-bond donors (Lipinski definition) is 2. The summed E-state index contributed by atoms with van der Waals surface area (Å²) in [6, 6.07) is 7.32. The molecule has 5 heteroatoms. The molecule has 1 saturated heterocycles. The fourth-order valence-corrected chi connectivity index (χ4v) is 3.13. The van der Waals surface area contributed by atoms with Gasteiger partial charge >= 0.3 is 5.97 Å². The van der Waals surface area contributed by atoms with Crippen molar-refractivity contribution in [3.05, 3.63) is 53.1 Å². The van der Waals surface area contributed by atoms with Crippen LogP contribution in [0.15, 0.2) is 30.6 Å². The van der Waals surface area contributed by atoms with Gasteiger partial charge in [0.2, 0.25) is 0 Å². The van der Waals surface area contributed by atoms with Gasteiger partial charge in [0.1, 0.15) is 0 Å². The summed E-state index contributed by atoms with van der Waals surface area (Å²) >= 11 is 0. The fraction of sp³-hybridized carbons (Fsp3) is 0.412. The van der Waals surface area contributed by atoms with Gasteiger partial charge in [-0.1, -0.05) is 12.1 Å². The number of carbonyl (C=O) groups is 1. The van der Waals surface area contributed by atoms with Crippen molar-refractivity contribution in [1.82, 2.24) is 14.9 Å². The van der Waals surface area contributed by atoms with Crippen molar-refractivity contribution in [2.24, 2.45) is 0 Å². The molecule has 1 aromatic heterocycles. The molecule has 116 valence electrons. The van der Waals surface area contributed by atoms with Crippen LogP contribution in [-0.2, 0) is 6.54 Å². The lowest BCUT2D eigenvalue weighted by Gasteiger charge is -2.32. The quantitative estimate of drug-likeness (QED) is 0.911. The fourth-order valence-electron chi connectivity index (χ4n) is 3.13. The summed E-state index contributed by atoms with van der Waals surface area (Å²) in [5.74, 6) is -0.401. The molecule has 1 aliphatic rings. The van der Waals surface area contributed by atoms with Gasteiger partial charge in [-0.25, -0.2) is 9.78 Å². The van der Waals surface area contributed by atoms with Gasteiger partial charge in [0.25, 0.3) is 0 Å². The van der Waals surface area contributed by atoms with Crippen LogP contribution in [0.2, 0.25) is 0 Å². The lowest BCUT2D eigenvalue weighted by Crippen LogP contribution is -2.34. The zero-order valence-corrected chi connectivity index (χ0v) is 12.7. The van der Waals surface area contributed by atoms with E-state index in [-0.39, 0.29) is 0 Å². The van der Waals surface area contributed by atoms with Crippen molar-refractivity contribution in [3.63, 3.8) is 0 Å². The largest absolute Gasteiger partial charge is 0.478 e. The molecule has 2 aromatic rings. The summed E-state index contributed by atoms with van der Waals surface area (Å²) in [6.07, 6.45) is 4.06. The Bertz CT molecular complexity index is 648. The van der Waals surface area contributed by atoms with Crippen LogP contribution in [0.1, 0.15) is 46.1 Å². The van der Waals surface area contributed by atoms with E-state index in [1.807, 2.05) is 19.1 Å². The third-order valence-corrected chi connectivity index (χ3v) is 4.44. The first kappa shape index (κ1) is 14.8. The van der Waals surface area contributed by atoms with E-state index in [0.717, 1.165) is 43.9 Å². The first-order valence-electron chi connectivity index (χ1n) is 7.68. The summed E-state index contributed by atoms with van der Waals surface area (Å²) < 4.78 is 0. The number of nitrogens with zero attached hydrogens (tertiary/aromatic N) is 2. The average Bonchev–Trinajstić information content (AvgIpc) is 2.93. The minimum Gasteiger partial charge on any atom is -0.478 e. The van der Waals surface area contributed by atoms with E-state index in [9.17, 15) is 4.79 Å². The van der Waals surface area contributed by atoms with E-state index >= 15 is 0 Å². The molecule has 2 N–H and O–H groups in total. The Morgan fingerprint density at radius 3 is 2.82 bits per heavy atom. The van der Waals surface area contributed by atoms with Crippen molar-refractivity contribution >= 4 is 5.97 Å². The Morgan fingerprint density at radius 1 is 1.41 bits per heavy atom. The highest BCUT2D eigenvalue weighted by Crippen LogP contribution is 2.28. The van der Waals surface area contributed by atoms with Crippen LogP contribution in [0, 0.1) is 6.92 Å². The molecule has 0 aliphatic carbocycles. The Morgan fingerprint density at radius 2 is 2.18 bits per heavy atom. The van der Waals surface area contributed by atoms with Crippen LogP contribution >= 0.6 is 0 Å². The minimum absolute atomic E-state index is 0.351. The van der Waals surface area contributed by atoms with Gasteiger partial charge in [0, 0.05) is 18.8 Å². The molecule has 1 aromatic carbocycles. The Labute approximate surface area is 130 Å². The lowest BCUT2D eigenvalue weighted by atomic mass is 9.90. The Kier molecular flexibility index (Phi) is 4.24. The van der Waals surface area contributed by atoms with Crippen LogP contribution in [0.25, 0.3) is 0 Å². The van der Waals surface area contributed by atoms with Crippen molar-refractivity contribution in [2.45, 2.75) is 32.2 Å². The van der Waals surface area contributed by atoms with Crippen LogP contribution in [0.3, 0.4) is 0 Å². The first-order valence-corrected chi connectivity index (χ1v) is 7.68. The van der Waals surface area contributed by atoms with Gasteiger partial charge in [-0.05, 0) is 49.9 Å². The molecule has 0 unspecified atom stereocenters. The number of imidazole rings is 1. The van der Waals surface area contributed by atoms with Gasteiger partial charge < -0.3 is 10.1 Å². The molecule has 0 saturated carbocycles.